The van der Waals surface area contributed by atoms with Crippen LogP contribution < -0.4 is 0 Å². The van der Waals surface area contributed by atoms with E-state index in [1.807, 2.05) is 30.3 Å². The molecule has 0 saturated carbocycles. The molecular weight excluding hydrogens is 278 g/mol. The molecule has 0 radical (unpaired) electrons. The zero-order valence-electron chi connectivity index (χ0n) is 12.6. The van der Waals surface area contributed by atoms with Gasteiger partial charge in [-0.15, -0.1) is 0 Å². The van der Waals surface area contributed by atoms with Crippen LogP contribution in [-0.2, 0) is 30.6 Å². The quantitative estimate of drug-likeness (QED) is 0.863. The summed E-state index contributed by atoms with van der Waals surface area (Å²) in [6.45, 7) is 2.16. The number of aliphatic carboxylic acids is 1. The summed E-state index contributed by atoms with van der Waals surface area (Å²) >= 11 is 0. The van der Waals surface area contributed by atoms with E-state index in [1.165, 1.54) is 6.92 Å². The molecule has 0 spiro atoms. The number of aromatic nitrogens is 1. The molecule has 1 heterocycles. The molecule has 0 atom stereocenters. The number of benzene rings is 1. The van der Waals surface area contributed by atoms with Gasteiger partial charge >= 0.3 is 5.97 Å². The average molecular weight is 297 g/mol. The van der Waals surface area contributed by atoms with Gasteiger partial charge in [0.2, 0.25) is 0 Å². The smallest absolute Gasteiger partial charge is 0.309 e. The molecule has 1 aliphatic rings. The van der Waals surface area contributed by atoms with Gasteiger partial charge in [-0.1, -0.05) is 30.3 Å². The maximum Gasteiger partial charge on any atom is 0.309 e. The van der Waals surface area contributed by atoms with Gasteiger partial charge in [-0.05, 0) is 37.3 Å². The van der Waals surface area contributed by atoms with Gasteiger partial charge in [0.05, 0.1) is 6.42 Å². The van der Waals surface area contributed by atoms with Gasteiger partial charge in [0.1, 0.15) is 0 Å². The van der Waals surface area contributed by atoms with Crippen LogP contribution in [0.25, 0.3) is 0 Å². The SMILES string of the molecule is CC(=O)c1c2c(n(Cc3ccccc3)c1CC(=O)O)CCC2. The maximum atomic E-state index is 12.1. The second-order valence-electron chi connectivity index (χ2n) is 5.80. The van der Waals surface area contributed by atoms with E-state index in [1.54, 1.807) is 0 Å². The lowest BCUT2D eigenvalue weighted by atomic mass is 10.0. The minimum absolute atomic E-state index is 0.0267. The molecule has 2 aromatic rings. The minimum atomic E-state index is -0.895. The van der Waals surface area contributed by atoms with E-state index >= 15 is 0 Å². The van der Waals surface area contributed by atoms with Crippen molar-refractivity contribution in [3.05, 3.63) is 58.4 Å². The first kappa shape index (κ1) is 14.6. The zero-order chi connectivity index (χ0) is 15.7. The Labute approximate surface area is 129 Å². The van der Waals surface area contributed by atoms with E-state index in [2.05, 4.69) is 4.57 Å². The number of rotatable bonds is 5. The fraction of sp³-hybridized carbons (Fsp3) is 0.333. The van der Waals surface area contributed by atoms with Gasteiger partial charge in [0, 0.05) is 23.5 Å². The first-order valence-electron chi connectivity index (χ1n) is 7.57. The molecule has 22 heavy (non-hydrogen) atoms. The molecule has 1 N–H and O–H groups in total. The third-order valence-electron chi connectivity index (χ3n) is 4.28. The monoisotopic (exact) mass is 297 g/mol. The number of ketones is 1. The lowest BCUT2D eigenvalue weighted by Crippen LogP contribution is -2.14. The van der Waals surface area contributed by atoms with Crippen molar-refractivity contribution in [1.82, 2.24) is 4.57 Å². The number of carboxylic acids is 1. The summed E-state index contributed by atoms with van der Waals surface area (Å²) in [6.07, 6.45) is 2.72. The molecular formula is C18H19NO3. The first-order valence-corrected chi connectivity index (χ1v) is 7.57. The average Bonchev–Trinajstić information content (AvgIpc) is 3.02. The topological polar surface area (TPSA) is 59.3 Å². The van der Waals surface area contributed by atoms with Crippen molar-refractivity contribution in [2.45, 2.75) is 39.2 Å². The van der Waals surface area contributed by atoms with E-state index in [4.69, 9.17) is 0 Å². The maximum absolute atomic E-state index is 12.1. The van der Waals surface area contributed by atoms with E-state index < -0.39 is 5.97 Å². The predicted molar refractivity (Wildman–Crippen MR) is 83.3 cm³/mol. The largest absolute Gasteiger partial charge is 0.481 e. The van der Waals surface area contributed by atoms with Crippen LogP contribution in [0.1, 0.15) is 46.2 Å². The highest BCUT2D eigenvalue weighted by atomic mass is 16.4. The summed E-state index contributed by atoms with van der Waals surface area (Å²) in [5.74, 6) is -0.922. The lowest BCUT2D eigenvalue weighted by Gasteiger charge is -2.13. The van der Waals surface area contributed by atoms with Crippen molar-refractivity contribution in [3.63, 3.8) is 0 Å². The summed E-state index contributed by atoms with van der Waals surface area (Å²) in [5.41, 5.74) is 4.64. The normalized spacial score (nSPS) is 13.1. The summed E-state index contributed by atoms with van der Waals surface area (Å²) < 4.78 is 2.06. The Hall–Kier alpha value is -2.36. The number of carboxylic acid groups (broad SMARTS) is 1. The summed E-state index contributed by atoms with van der Waals surface area (Å²) in [7, 11) is 0. The molecule has 1 aromatic carbocycles. The molecule has 114 valence electrons. The molecule has 1 aromatic heterocycles. The number of carbonyl (C=O) groups excluding carboxylic acids is 1. The first-order chi connectivity index (χ1) is 10.6. The Balaban J connectivity index is 2.12. The fourth-order valence-electron chi connectivity index (χ4n) is 3.47. The van der Waals surface area contributed by atoms with Crippen molar-refractivity contribution < 1.29 is 14.7 Å². The molecule has 3 rings (SSSR count). The highest BCUT2D eigenvalue weighted by Gasteiger charge is 2.28. The summed E-state index contributed by atoms with van der Waals surface area (Å²) in [4.78, 5) is 23.3. The summed E-state index contributed by atoms with van der Waals surface area (Å²) in [5, 5.41) is 9.23. The summed E-state index contributed by atoms with van der Waals surface area (Å²) in [6, 6.07) is 9.96. The number of nitrogens with zero attached hydrogens (tertiary/aromatic N) is 1. The fourth-order valence-corrected chi connectivity index (χ4v) is 3.47. The Bertz CT molecular complexity index is 729. The van der Waals surface area contributed by atoms with Gasteiger partial charge < -0.3 is 9.67 Å². The van der Waals surface area contributed by atoms with Crippen molar-refractivity contribution in [1.29, 1.82) is 0 Å². The van der Waals surface area contributed by atoms with Crippen LogP contribution >= 0.6 is 0 Å². The van der Waals surface area contributed by atoms with Gasteiger partial charge in [0.15, 0.2) is 5.78 Å². The molecule has 4 nitrogen and oxygen atoms in total. The number of hydrogen-bond donors (Lipinski definition) is 1. The van der Waals surface area contributed by atoms with Crippen LogP contribution in [0.4, 0.5) is 0 Å². The van der Waals surface area contributed by atoms with Crippen molar-refractivity contribution in [2.75, 3.05) is 0 Å². The lowest BCUT2D eigenvalue weighted by molar-refractivity contribution is -0.136. The Morgan fingerprint density at radius 3 is 2.55 bits per heavy atom. The van der Waals surface area contributed by atoms with E-state index in [0.717, 1.165) is 36.1 Å². The van der Waals surface area contributed by atoms with Crippen LogP contribution in [0.2, 0.25) is 0 Å². The van der Waals surface area contributed by atoms with Gasteiger partial charge in [-0.25, -0.2) is 0 Å². The van der Waals surface area contributed by atoms with Crippen molar-refractivity contribution in [3.8, 4) is 0 Å². The number of carbonyl (C=O) groups is 2. The van der Waals surface area contributed by atoms with Crippen molar-refractivity contribution >= 4 is 11.8 Å². The van der Waals surface area contributed by atoms with Gasteiger partial charge in [0.25, 0.3) is 0 Å². The molecule has 0 saturated heterocycles. The predicted octanol–water partition coefficient (Wildman–Crippen LogP) is 2.85. The highest BCUT2D eigenvalue weighted by molar-refractivity contribution is 5.98. The number of hydrogen-bond acceptors (Lipinski definition) is 2. The molecule has 0 bridgehead atoms. The van der Waals surface area contributed by atoms with Crippen LogP contribution in [0.5, 0.6) is 0 Å². The standard InChI is InChI=1S/C18H19NO3/c1-12(20)18-14-8-5-9-15(14)19(16(18)10-17(21)22)11-13-6-3-2-4-7-13/h2-4,6-7H,5,8-11H2,1H3,(H,21,22). The zero-order valence-corrected chi connectivity index (χ0v) is 12.6. The highest BCUT2D eigenvalue weighted by Crippen LogP contribution is 2.32. The third kappa shape index (κ3) is 2.56. The second kappa shape index (κ2) is 5.79. The van der Waals surface area contributed by atoms with Gasteiger partial charge in [-0.3, -0.25) is 9.59 Å². The van der Waals surface area contributed by atoms with Crippen LogP contribution in [0.15, 0.2) is 30.3 Å². The minimum Gasteiger partial charge on any atom is -0.481 e. The Kier molecular flexibility index (Phi) is 3.84. The van der Waals surface area contributed by atoms with E-state index in [9.17, 15) is 14.7 Å². The van der Waals surface area contributed by atoms with Crippen LogP contribution in [-0.4, -0.2) is 21.4 Å². The van der Waals surface area contributed by atoms with Crippen LogP contribution in [0.3, 0.4) is 0 Å². The van der Waals surface area contributed by atoms with E-state index in [-0.39, 0.29) is 12.2 Å². The Morgan fingerprint density at radius 2 is 1.91 bits per heavy atom. The van der Waals surface area contributed by atoms with Crippen LogP contribution in [0, 0.1) is 0 Å². The number of fused-ring (bicyclic) bond motifs is 1. The Morgan fingerprint density at radius 1 is 1.18 bits per heavy atom. The van der Waals surface area contributed by atoms with Crippen molar-refractivity contribution in [2.24, 2.45) is 0 Å². The molecule has 1 aliphatic carbocycles. The molecule has 4 heteroatoms. The molecule has 0 fully saturated rings. The molecule has 0 amide bonds. The molecule has 0 aliphatic heterocycles. The molecule has 0 unspecified atom stereocenters. The number of Topliss-reactive ketones (excluding diaryl/α,β-unsaturated/α-hetero) is 1. The second-order valence-corrected chi connectivity index (χ2v) is 5.80. The van der Waals surface area contributed by atoms with Gasteiger partial charge in [-0.2, -0.15) is 0 Å². The third-order valence-corrected chi connectivity index (χ3v) is 4.28. The van der Waals surface area contributed by atoms with E-state index in [0.29, 0.717) is 17.8 Å².